The predicted octanol–water partition coefficient (Wildman–Crippen LogP) is 7.11. The van der Waals surface area contributed by atoms with Crippen molar-refractivity contribution >= 4 is 21.8 Å². The molecule has 1 heterocycles. The molecule has 0 N–H and O–H groups in total. The Bertz CT molecular complexity index is 1030. The van der Waals surface area contributed by atoms with Gasteiger partial charge in [-0.05, 0) is 55.1 Å². The Labute approximate surface area is 170 Å². The SMILES string of the molecule is CC.CC.CN(C)Cc1cccc(-c2ccc3c(c2)c2ccccc2n3C)c1. The highest BCUT2D eigenvalue weighted by Gasteiger charge is 2.09. The fourth-order valence-corrected chi connectivity index (χ4v) is 3.56. The number of benzene rings is 3. The standard InChI is InChI=1S/C22H22N2.2C2H6/c1-23(2)15-16-7-6-8-17(13-16)18-11-12-22-20(14-18)19-9-4-5-10-21(19)24(22)3;2*1-2/h4-14H,15H2,1-3H3;2*1-2H3. The Kier molecular flexibility index (Phi) is 7.83. The van der Waals surface area contributed by atoms with Crippen molar-refractivity contribution in [2.24, 2.45) is 7.05 Å². The van der Waals surface area contributed by atoms with Crippen molar-refractivity contribution in [2.45, 2.75) is 34.2 Å². The molecule has 2 nitrogen and oxygen atoms in total. The van der Waals surface area contributed by atoms with Crippen LogP contribution in [0.5, 0.6) is 0 Å². The van der Waals surface area contributed by atoms with E-state index in [2.05, 4.69) is 97.3 Å². The monoisotopic (exact) mass is 374 g/mol. The van der Waals surface area contributed by atoms with Gasteiger partial charge in [0, 0.05) is 35.4 Å². The molecule has 0 saturated carbocycles. The van der Waals surface area contributed by atoms with Crippen molar-refractivity contribution in [2.75, 3.05) is 14.1 Å². The van der Waals surface area contributed by atoms with Crippen LogP contribution in [0.4, 0.5) is 0 Å². The van der Waals surface area contributed by atoms with Gasteiger partial charge < -0.3 is 9.47 Å². The maximum absolute atomic E-state index is 2.33. The number of aryl methyl sites for hydroxylation is 1. The molecule has 0 aliphatic rings. The van der Waals surface area contributed by atoms with E-state index in [9.17, 15) is 0 Å². The van der Waals surface area contributed by atoms with Gasteiger partial charge in [-0.3, -0.25) is 0 Å². The Hall–Kier alpha value is -2.58. The molecule has 0 amide bonds. The van der Waals surface area contributed by atoms with E-state index < -0.39 is 0 Å². The Balaban J connectivity index is 0.000000660. The number of rotatable bonds is 3. The zero-order valence-electron chi connectivity index (χ0n) is 18.5. The van der Waals surface area contributed by atoms with E-state index >= 15 is 0 Å². The van der Waals surface area contributed by atoms with Gasteiger partial charge >= 0.3 is 0 Å². The van der Waals surface area contributed by atoms with Crippen LogP contribution in [-0.2, 0) is 13.6 Å². The molecule has 0 atom stereocenters. The number of hydrogen-bond donors (Lipinski definition) is 0. The lowest BCUT2D eigenvalue weighted by Gasteiger charge is -2.11. The summed E-state index contributed by atoms with van der Waals surface area (Å²) in [7, 11) is 6.35. The maximum Gasteiger partial charge on any atom is 0.0489 e. The van der Waals surface area contributed by atoms with E-state index in [1.54, 1.807) is 0 Å². The van der Waals surface area contributed by atoms with E-state index in [0.717, 1.165) is 6.54 Å². The quantitative estimate of drug-likeness (QED) is 0.371. The van der Waals surface area contributed by atoms with Gasteiger partial charge in [-0.2, -0.15) is 0 Å². The second-order valence-corrected chi connectivity index (χ2v) is 6.75. The normalized spacial score (nSPS) is 10.4. The summed E-state index contributed by atoms with van der Waals surface area (Å²) in [4.78, 5) is 2.20. The van der Waals surface area contributed by atoms with Crippen molar-refractivity contribution < 1.29 is 0 Å². The van der Waals surface area contributed by atoms with E-state index in [1.165, 1.54) is 38.5 Å². The molecule has 28 heavy (non-hydrogen) atoms. The molecule has 4 rings (SSSR count). The average Bonchev–Trinajstić information content (AvgIpc) is 3.03. The summed E-state index contributed by atoms with van der Waals surface area (Å²) in [5, 5.41) is 2.64. The van der Waals surface area contributed by atoms with Crippen LogP contribution >= 0.6 is 0 Å². The number of para-hydroxylation sites is 1. The molecule has 1 aromatic heterocycles. The molecular formula is C26H34N2. The number of fused-ring (bicyclic) bond motifs is 3. The maximum atomic E-state index is 2.33. The lowest BCUT2D eigenvalue weighted by molar-refractivity contribution is 0.402. The Morgan fingerprint density at radius 3 is 2.04 bits per heavy atom. The highest BCUT2D eigenvalue weighted by atomic mass is 15.0. The van der Waals surface area contributed by atoms with Gasteiger partial charge in [0.15, 0.2) is 0 Å². The van der Waals surface area contributed by atoms with Gasteiger partial charge in [0.25, 0.3) is 0 Å². The molecule has 0 bridgehead atoms. The zero-order valence-corrected chi connectivity index (χ0v) is 18.5. The van der Waals surface area contributed by atoms with Crippen LogP contribution in [0.3, 0.4) is 0 Å². The zero-order chi connectivity index (χ0) is 20.7. The van der Waals surface area contributed by atoms with Crippen LogP contribution in [0.15, 0.2) is 66.7 Å². The minimum atomic E-state index is 0.963. The van der Waals surface area contributed by atoms with Crippen molar-refractivity contribution in [3.05, 3.63) is 72.3 Å². The molecule has 3 aromatic carbocycles. The van der Waals surface area contributed by atoms with Gasteiger partial charge in [-0.15, -0.1) is 0 Å². The summed E-state index contributed by atoms with van der Waals surface area (Å²) >= 11 is 0. The second kappa shape index (κ2) is 10.1. The smallest absolute Gasteiger partial charge is 0.0489 e. The van der Waals surface area contributed by atoms with Crippen LogP contribution in [0.2, 0.25) is 0 Å². The number of hydrogen-bond acceptors (Lipinski definition) is 1. The Morgan fingerprint density at radius 2 is 1.32 bits per heavy atom. The summed E-state index contributed by atoms with van der Waals surface area (Å²) in [6.45, 7) is 8.96. The predicted molar refractivity (Wildman–Crippen MR) is 126 cm³/mol. The van der Waals surface area contributed by atoms with Gasteiger partial charge in [-0.1, -0.05) is 70.2 Å². The van der Waals surface area contributed by atoms with Gasteiger partial charge in [0.05, 0.1) is 0 Å². The highest BCUT2D eigenvalue weighted by Crippen LogP contribution is 2.32. The van der Waals surface area contributed by atoms with Crippen molar-refractivity contribution in [3.8, 4) is 11.1 Å². The minimum absolute atomic E-state index is 0.963. The summed E-state index contributed by atoms with van der Waals surface area (Å²) in [6, 6.07) is 24.3. The molecular weight excluding hydrogens is 340 g/mol. The van der Waals surface area contributed by atoms with Crippen molar-refractivity contribution in [1.82, 2.24) is 9.47 Å². The molecule has 2 heteroatoms. The Morgan fingerprint density at radius 1 is 0.679 bits per heavy atom. The molecule has 4 aromatic rings. The van der Waals surface area contributed by atoms with E-state index in [4.69, 9.17) is 0 Å². The third-order valence-corrected chi connectivity index (χ3v) is 4.67. The van der Waals surface area contributed by atoms with Crippen LogP contribution in [0, 0.1) is 0 Å². The largest absolute Gasteiger partial charge is 0.344 e. The summed E-state index contributed by atoms with van der Waals surface area (Å²) in [5.74, 6) is 0. The van der Waals surface area contributed by atoms with E-state index in [-0.39, 0.29) is 0 Å². The van der Waals surface area contributed by atoms with Crippen LogP contribution in [0.1, 0.15) is 33.3 Å². The van der Waals surface area contributed by atoms with Gasteiger partial charge in [0.2, 0.25) is 0 Å². The lowest BCUT2D eigenvalue weighted by Crippen LogP contribution is -2.10. The molecule has 0 saturated heterocycles. The van der Waals surface area contributed by atoms with Crippen LogP contribution in [-0.4, -0.2) is 23.6 Å². The molecule has 0 spiro atoms. The first kappa shape index (κ1) is 21.7. The first-order valence-electron chi connectivity index (χ1n) is 10.3. The molecule has 0 fully saturated rings. The lowest BCUT2D eigenvalue weighted by atomic mass is 10.0. The number of aromatic nitrogens is 1. The summed E-state index contributed by atoms with van der Waals surface area (Å²) in [5.41, 5.74) is 6.47. The van der Waals surface area contributed by atoms with Gasteiger partial charge in [-0.25, -0.2) is 0 Å². The summed E-state index contributed by atoms with van der Waals surface area (Å²) in [6.07, 6.45) is 0. The fourth-order valence-electron chi connectivity index (χ4n) is 3.56. The molecule has 0 aliphatic heterocycles. The van der Waals surface area contributed by atoms with E-state index in [0.29, 0.717) is 0 Å². The highest BCUT2D eigenvalue weighted by molar-refractivity contribution is 6.09. The first-order chi connectivity index (χ1) is 13.6. The second-order valence-electron chi connectivity index (χ2n) is 6.75. The topological polar surface area (TPSA) is 8.17 Å². The summed E-state index contributed by atoms with van der Waals surface area (Å²) < 4.78 is 2.27. The van der Waals surface area contributed by atoms with Crippen LogP contribution < -0.4 is 0 Å². The molecule has 0 unspecified atom stereocenters. The third kappa shape index (κ3) is 4.45. The first-order valence-corrected chi connectivity index (χ1v) is 10.3. The third-order valence-electron chi connectivity index (χ3n) is 4.67. The van der Waals surface area contributed by atoms with Crippen LogP contribution in [0.25, 0.3) is 32.9 Å². The number of nitrogens with zero attached hydrogens (tertiary/aromatic N) is 2. The van der Waals surface area contributed by atoms with E-state index in [1.807, 2.05) is 27.7 Å². The molecule has 0 aliphatic carbocycles. The van der Waals surface area contributed by atoms with Crippen molar-refractivity contribution in [1.29, 1.82) is 0 Å². The molecule has 0 radical (unpaired) electrons. The average molecular weight is 375 g/mol. The minimum Gasteiger partial charge on any atom is -0.344 e. The molecule has 148 valence electrons. The van der Waals surface area contributed by atoms with Gasteiger partial charge in [0.1, 0.15) is 0 Å². The fraction of sp³-hybridized carbons (Fsp3) is 0.308. The van der Waals surface area contributed by atoms with Crippen molar-refractivity contribution in [3.63, 3.8) is 0 Å².